The third-order valence-corrected chi connectivity index (χ3v) is 3.56. The maximum absolute atomic E-state index is 10.1. The Balaban J connectivity index is 2.31. The maximum Gasteiger partial charge on any atom is 0.164 e. The van der Waals surface area contributed by atoms with Gasteiger partial charge in [-0.05, 0) is 29.8 Å². The number of halogens is 2. The van der Waals surface area contributed by atoms with Gasteiger partial charge >= 0.3 is 0 Å². The van der Waals surface area contributed by atoms with Crippen LogP contribution in [0.2, 0.25) is 10.0 Å². The largest absolute Gasteiger partial charge is 0.508 e. The van der Waals surface area contributed by atoms with E-state index in [9.17, 15) is 10.2 Å². The monoisotopic (exact) mass is 333 g/mol. The summed E-state index contributed by atoms with van der Waals surface area (Å²) in [5.74, 6) is 0.212. The summed E-state index contributed by atoms with van der Waals surface area (Å²) in [6.45, 7) is 0. The first-order chi connectivity index (χ1) is 10.6. The number of hydrogen-bond acceptors (Lipinski definition) is 5. The Labute approximate surface area is 135 Å². The Morgan fingerprint density at radius 3 is 2.27 bits per heavy atom. The predicted octanol–water partition coefficient (Wildman–Crippen LogP) is 3.92. The second-order valence-corrected chi connectivity index (χ2v) is 5.32. The van der Waals surface area contributed by atoms with E-state index in [0.29, 0.717) is 32.6 Å². The smallest absolute Gasteiger partial charge is 0.164 e. The number of rotatable bonds is 2. The fourth-order valence-electron chi connectivity index (χ4n) is 2.13. The average Bonchev–Trinajstić information content (AvgIpc) is 2.47. The second-order valence-electron chi connectivity index (χ2n) is 4.47. The zero-order valence-corrected chi connectivity index (χ0v) is 12.5. The van der Waals surface area contributed by atoms with Crippen LogP contribution in [-0.4, -0.2) is 25.2 Å². The minimum absolute atomic E-state index is 0.0453. The van der Waals surface area contributed by atoms with Gasteiger partial charge in [0.2, 0.25) is 0 Å². The molecule has 1 aromatic heterocycles. The highest BCUT2D eigenvalue weighted by molar-refractivity contribution is 6.37. The fraction of sp³-hybridized carbons (Fsp3) is 0. The minimum Gasteiger partial charge on any atom is -0.508 e. The zero-order valence-electron chi connectivity index (χ0n) is 11.0. The molecule has 3 rings (SSSR count). The van der Waals surface area contributed by atoms with Crippen molar-refractivity contribution in [3.63, 3.8) is 0 Å². The van der Waals surface area contributed by atoms with Crippen molar-refractivity contribution in [3.8, 4) is 34.0 Å². The van der Waals surface area contributed by atoms with E-state index in [2.05, 4.69) is 15.0 Å². The molecule has 0 spiro atoms. The number of aromatic nitrogens is 3. The van der Waals surface area contributed by atoms with Gasteiger partial charge in [-0.15, -0.1) is 0 Å². The molecule has 2 N–H and O–H groups in total. The summed E-state index contributed by atoms with van der Waals surface area (Å²) in [5, 5.41) is 20.3. The molecule has 2 aromatic carbocycles. The Hall–Kier alpha value is -2.37. The summed E-state index contributed by atoms with van der Waals surface area (Å²) in [5.41, 5.74) is 1.54. The molecule has 3 aromatic rings. The highest BCUT2D eigenvalue weighted by atomic mass is 35.5. The van der Waals surface area contributed by atoms with Crippen molar-refractivity contribution in [2.45, 2.75) is 0 Å². The second kappa shape index (κ2) is 5.79. The van der Waals surface area contributed by atoms with Crippen molar-refractivity contribution in [1.29, 1.82) is 0 Å². The van der Waals surface area contributed by atoms with Crippen molar-refractivity contribution in [2.75, 3.05) is 0 Å². The van der Waals surface area contributed by atoms with Gasteiger partial charge in [-0.1, -0.05) is 23.2 Å². The van der Waals surface area contributed by atoms with E-state index < -0.39 is 0 Å². The van der Waals surface area contributed by atoms with Crippen LogP contribution in [-0.2, 0) is 0 Å². The van der Waals surface area contributed by atoms with Crippen LogP contribution < -0.4 is 0 Å². The van der Waals surface area contributed by atoms with Gasteiger partial charge in [0.05, 0.1) is 5.02 Å². The lowest BCUT2D eigenvalue weighted by atomic mass is 9.98. The first-order valence-corrected chi connectivity index (χ1v) is 6.95. The van der Waals surface area contributed by atoms with Crippen molar-refractivity contribution in [3.05, 3.63) is 53.0 Å². The van der Waals surface area contributed by atoms with Gasteiger partial charge in [0.15, 0.2) is 5.82 Å². The highest BCUT2D eigenvalue weighted by Gasteiger charge is 2.17. The van der Waals surface area contributed by atoms with E-state index in [4.69, 9.17) is 23.2 Å². The van der Waals surface area contributed by atoms with E-state index in [0.717, 1.165) is 0 Å². The molecule has 0 fully saturated rings. The van der Waals surface area contributed by atoms with Crippen LogP contribution in [0.3, 0.4) is 0 Å². The molecule has 0 aliphatic heterocycles. The Morgan fingerprint density at radius 2 is 1.59 bits per heavy atom. The van der Waals surface area contributed by atoms with E-state index >= 15 is 0 Å². The molecular formula is C15H9Cl2N3O2. The lowest BCUT2D eigenvalue weighted by Gasteiger charge is -2.13. The lowest BCUT2D eigenvalue weighted by Crippen LogP contribution is -1.94. The molecule has 0 aliphatic rings. The summed E-state index contributed by atoms with van der Waals surface area (Å²) >= 11 is 12.4. The minimum atomic E-state index is -0.103. The number of aromatic hydroxyl groups is 2. The number of phenolic OH excluding ortho intramolecular Hbond substituents is 2. The third-order valence-electron chi connectivity index (χ3n) is 3.04. The van der Waals surface area contributed by atoms with Gasteiger partial charge in [-0.3, -0.25) is 0 Å². The molecule has 0 saturated carbocycles. The van der Waals surface area contributed by atoms with Crippen LogP contribution in [0.1, 0.15) is 0 Å². The van der Waals surface area contributed by atoms with Crippen molar-refractivity contribution >= 4 is 23.2 Å². The summed E-state index contributed by atoms with van der Waals surface area (Å²) in [6.07, 6.45) is 2.71. The van der Waals surface area contributed by atoms with Crippen LogP contribution in [0.25, 0.3) is 22.5 Å². The molecule has 1 heterocycles. The zero-order chi connectivity index (χ0) is 15.7. The van der Waals surface area contributed by atoms with E-state index in [1.54, 1.807) is 18.2 Å². The topological polar surface area (TPSA) is 79.1 Å². The molecule has 0 atom stereocenters. The van der Waals surface area contributed by atoms with Crippen molar-refractivity contribution in [1.82, 2.24) is 15.0 Å². The Bertz CT molecular complexity index is 842. The molecule has 0 unspecified atom stereocenters. The van der Waals surface area contributed by atoms with Crippen LogP contribution in [0.4, 0.5) is 0 Å². The normalized spacial score (nSPS) is 10.6. The van der Waals surface area contributed by atoms with E-state index in [-0.39, 0.29) is 11.5 Å². The van der Waals surface area contributed by atoms with E-state index in [1.807, 2.05) is 0 Å². The van der Waals surface area contributed by atoms with Crippen molar-refractivity contribution in [2.24, 2.45) is 0 Å². The molecule has 22 heavy (non-hydrogen) atoms. The van der Waals surface area contributed by atoms with Crippen LogP contribution in [0, 0.1) is 0 Å². The fourth-order valence-corrected chi connectivity index (χ4v) is 2.71. The Kier molecular flexibility index (Phi) is 3.83. The van der Waals surface area contributed by atoms with Gasteiger partial charge in [-0.2, -0.15) is 0 Å². The van der Waals surface area contributed by atoms with Crippen LogP contribution in [0.15, 0.2) is 43.0 Å². The molecule has 0 amide bonds. The quantitative estimate of drug-likeness (QED) is 0.742. The average molecular weight is 334 g/mol. The molecule has 5 nitrogen and oxygen atoms in total. The lowest BCUT2D eigenvalue weighted by molar-refractivity contribution is 0.452. The molecule has 110 valence electrons. The maximum atomic E-state index is 10.1. The SMILES string of the molecule is Oc1ccc(-c2cc(Cl)cc(Cl)c2-c2ncncn2)c(O)c1. The van der Waals surface area contributed by atoms with Crippen molar-refractivity contribution < 1.29 is 10.2 Å². The standard InChI is InChI=1S/C15H9Cl2N3O2/c16-8-3-11(10-2-1-9(21)5-13(10)22)14(12(17)4-8)15-19-6-18-7-20-15/h1-7,21-22H. The molecule has 7 heteroatoms. The molecule has 0 aliphatic carbocycles. The number of phenols is 2. The number of hydrogen-bond donors (Lipinski definition) is 2. The summed E-state index contributed by atoms with van der Waals surface area (Å²) in [4.78, 5) is 12.0. The third kappa shape index (κ3) is 2.68. The predicted molar refractivity (Wildman–Crippen MR) is 84.0 cm³/mol. The summed E-state index contributed by atoms with van der Waals surface area (Å²) in [7, 11) is 0. The molecule has 0 radical (unpaired) electrons. The molecular weight excluding hydrogens is 325 g/mol. The first-order valence-electron chi connectivity index (χ1n) is 6.20. The molecule has 0 bridgehead atoms. The van der Waals surface area contributed by atoms with Crippen LogP contribution in [0.5, 0.6) is 11.5 Å². The van der Waals surface area contributed by atoms with Gasteiger partial charge < -0.3 is 10.2 Å². The van der Waals surface area contributed by atoms with E-state index in [1.165, 1.54) is 24.8 Å². The van der Waals surface area contributed by atoms with Crippen LogP contribution >= 0.6 is 23.2 Å². The van der Waals surface area contributed by atoms with Gasteiger partial charge in [-0.25, -0.2) is 15.0 Å². The highest BCUT2D eigenvalue weighted by Crippen LogP contribution is 2.42. The first kappa shape index (κ1) is 14.6. The number of nitrogens with zero attached hydrogens (tertiary/aromatic N) is 3. The molecule has 0 saturated heterocycles. The summed E-state index contributed by atoms with van der Waals surface area (Å²) < 4.78 is 0. The van der Waals surface area contributed by atoms with Gasteiger partial charge in [0.1, 0.15) is 24.2 Å². The van der Waals surface area contributed by atoms with Gasteiger partial charge in [0.25, 0.3) is 0 Å². The Morgan fingerprint density at radius 1 is 0.864 bits per heavy atom. The summed E-state index contributed by atoms with van der Waals surface area (Å²) in [6, 6.07) is 7.49. The number of benzene rings is 2. The van der Waals surface area contributed by atoms with Gasteiger partial charge in [0, 0.05) is 22.2 Å².